The van der Waals surface area contributed by atoms with Crippen LogP contribution in [0.4, 0.5) is 0 Å². The van der Waals surface area contributed by atoms with Gasteiger partial charge in [-0.25, -0.2) is 0 Å². The molecule has 0 heterocycles. The molecule has 0 aromatic rings. The third-order valence-electron chi connectivity index (χ3n) is 2.36. The van der Waals surface area contributed by atoms with E-state index >= 15 is 0 Å². The van der Waals surface area contributed by atoms with Crippen molar-refractivity contribution in [2.45, 2.75) is 63.9 Å². The van der Waals surface area contributed by atoms with Crippen LogP contribution in [0.25, 0.3) is 0 Å². The molecule has 0 rings (SSSR count). The second-order valence-electron chi connectivity index (χ2n) is 3.71. The average molecular weight is 234 g/mol. The average Bonchev–Trinajstić information content (AvgIpc) is 2.15. The van der Waals surface area contributed by atoms with Gasteiger partial charge in [0.1, 0.15) is 0 Å². The van der Waals surface area contributed by atoms with Crippen molar-refractivity contribution in [1.82, 2.24) is 0 Å². The quantitative estimate of drug-likeness (QED) is 0.560. The van der Waals surface area contributed by atoms with E-state index in [1.54, 1.807) is 0 Å². The van der Waals surface area contributed by atoms with Crippen LogP contribution in [0, 0.1) is 0 Å². The maximum atomic E-state index is 2.37. The van der Waals surface area contributed by atoms with Crippen LogP contribution in [-0.2, 0) is 0 Å². The van der Waals surface area contributed by atoms with Gasteiger partial charge in [-0.15, -0.1) is 0 Å². The van der Waals surface area contributed by atoms with E-state index < -0.39 is 0 Å². The molecule has 0 aromatic heterocycles. The minimum Gasteiger partial charge on any atom is -0.159 e. The van der Waals surface area contributed by atoms with Gasteiger partial charge in [0.15, 0.2) is 0 Å². The highest BCUT2D eigenvalue weighted by atomic mass is 32.2. The molecule has 14 heavy (non-hydrogen) atoms. The fourth-order valence-electron chi connectivity index (χ4n) is 1.66. The first-order chi connectivity index (χ1) is 6.74. The van der Waals surface area contributed by atoms with Gasteiger partial charge in [0.25, 0.3) is 0 Å². The Balaban J connectivity index is 3.57. The van der Waals surface area contributed by atoms with E-state index in [9.17, 15) is 0 Å². The Kier molecular flexibility index (Phi) is 10.7. The molecule has 2 unspecified atom stereocenters. The van der Waals surface area contributed by atoms with Crippen molar-refractivity contribution in [2.75, 3.05) is 11.5 Å². The Hall–Kier alpha value is 0.700. The normalized spacial score (nSPS) is 15.4. The first-order valence-corrected chi connectivity index (χ1v) is 8.07. The van der Waals surface area contributed by atoms with E-state index in [4.69, 9.17) is 0 Å². The second kappa shape index (κ2) is 10.2. The van der Waals surface area contributed by atoms with E-state index in [-0.39, 0.29) is 0 Å². The lowest BCUT2D eigenvalue weighted by Gasteiger charge is -2.17. The minimum atomic E-state index is 0.858. The van der Waals surface area contributed by atoms with Crippen molar-refractivity contribution in [3.8, 4) is 0 Å². The molecule has 0 aliphatic rings. The van der Waals surface area contributed by atoms with Gasteiger partial charge in [-0.1, -0.05) is 34.1 Å². The standard InChI is InChI=1S/C12H26S2/c1-5-8-12(14-7-3)10-9-11(4)13-6-2/h11-12H,5-10H2,1-4H3. The van der Waals surface area contributed by atoms with Crippen molar-refractivity contribution in [3.05, 3.63) is 0 Å². The molecule has 0 fully saturated rings. The molecule has 86 valence electrons. The summed E-state index contributed by atoms with van der Waals surface area (Å²) < 4.78 is 0. The van der Waals surface area contributed by atoms with Crippen LogP contribution < -0.4 is 0 Å². The maximum Gasteiger partial charge on any atom is 0.00472 e. The van der Waals surface area contributed by atoms with E-state index in [0.717, 1.165) is 10.5 Å². The summed E-state index contributed by atoms with van der Waals surface area (Å²) in [7, 11) is 0. The van der Waals surface area contributed by atoms with Crippen molar-refractivity contribution < 1.29 is 0 Å². The van der Waals surface area contributed by atoms with Crippen molar-refractivity contribution in [3.63, 3.8) is 0 Å². The molecule has 0 aromatic carbocycles. The summed E-state index contributed by atoms with van der Waals surface area (Å²) in [4.78, 5) is 0. The van der Waals surface area contributed by atoms with Gasteiger partial charge in [-0.2, -0.15) is 23.5 Å². The molecule has 0 amide bonds. The summed E-state index contributed by atoms with van der Waals surface area (Å²) in [6, 6.07) is 0. The molecule has 0 aliphatic heterocycles. The van der Waals surface area contributed by atoms with Gasteiger partial charge in [0, 0.05) is 10.5 Å². The van der Waals surface area contributed by atoms with Crippen LogP contribution in [0.2, 0.25) is 0 Å². The zero-order valence-corrected chi connectivity index (χ0v) is 11.8. The summed E-state index contributed by atoms with van der Waals surface area (Å²) >= 11 is 4.25. The van der Waals surface area contributed by atoms with Crippen LogP contribution in [0.3, 0.4) is 0 Å². The van der Waals surface area contributed by atoms with E-state index in [1.165, 1.54) is 37.2 Å². The fraction of sp³-hybridized carbons (Fsp3) is 1.00. The van der Waals surface area contributed by atoms with Gasteiger partial charge in [0.05, 0.1) is 0 Å². The third-order valence-corrected chi connectivity index (χ3v) is 4.77. The van der Waals surface area contributed by atoms with Crippen molar-refractivity contribution >= 4 is 23.5 Å². The van der Waals surface area contributed by atoms with Gasteiger partial charge in [0.2, 0.25) is 0 Å². The Morgan fingerprint density at radius 1 is 0.857 bits per heavy atom. The van der Waals surface area contributed by atoms with Crippen LogP contribution in [0.5, 0.6) is 0 Å². The molecule has 0 spiro atoms. The molecular weight excluding hydrogens is 208 g/mol. The molecule has 0 bridgehead atoms. The first-order valence-electron chi connectivity index (χ1n) is 5.97. The predicted octanol–water partition coefficient (Wildman–Crippen LogP) is 4.83. The number of hydrogen-bond acceptors (Lipinski definition) is 2. The second-order valence-corrected chi connectivity index (χ2v) is 7.00. The van der Waals surface area contributed by atoms with Crippen molar-refractivity contribution in [1.29, 1.82) is 0 Å². The smallest absolute Gasteiger partial charge is 0.00472 e. The van der Waals surface area contributed by atoms with E-state index in [0.29, 0.717) is 0 Å². The SMILES string of the molecule is CCCC(CCC(C)SCC)SCC. The summed E-state index contributed by atoms with van der Waals surface area (Å²) in [6.07, 6.45) is 5.56. The number of rotatable bonds is 9. The summed E-state index contributed by atoms with van der Waals surface area (Å²) in [5.41, 5.74) is 0. The third kappa shape index (κ3) is 8.05. The molecule has 0 N–H and O–H groups in total. The van der Waals surface area contributed by atoms with E-state index in [2.05, 4.69) is 51.2 Å². The highest BCUT2D eigenvalue weighted by molar-refractivity contribution is 8.00. The van der Waals surface area contributed by atoms with Crippen LogP contribution in [0.1, 0.15) is 53.4 Å². The van der Waals surface area contributed by atoms with Crippen LogP contribution >= 0.6 is 23.5 Å². The lowest BCUT2D eigenvalue weighted by molar-refractivity contribution is 0.645. The lowest BCUT2D eigenvalue weighted by Crippen LogP contribution is -2.07. The molecular formula is C12H26S2. The van der Waals surface area contributed by atoms with Crippen molar-refractivity contribution in [2.24, 2.45) is 0 Å². The number of thioether (sulfide) groups is 2. The zero-order valence-electron chi connectivity index (χ0n) is 10.2. The predicted molar refractivity (Wildman–Crippen MR) is 73.7 cm³/mol. The van der Waals surface area contributed by atoms with Gasteiger partial charge in [-0.05, 0) is 30.8 Å². The summed E-state index contributed by atoms with van der Waals surface area (Å²) in [5, 5.41) is 1.78. The first kappa shape index (κ1) is 14.7. The summed E-state index contributed by atoms with van der Waals surface area (Å²) in [5.74, 6) is 2.54. The molecule has 2 atom stereocenters. The molecule has 0 saturated heterocycles. The molecule has 0 nitrogen and oxygen atoms in total. The number of hydrogen-bond donors (Lipinski definition) is 0. The Bertz CT molecular complexity index is 109. The minimum absolute atomic E-state index is 0.858. The largest absolute Gasteiger partial charge is 0.159 e. The summed E-state index contributed by atoms with van der Waals surface area (Å²) in [6.45, 7) is 9.20. The van der Waals surface area contributed by atoms with E-state index in [1.807, 2.05) is 0 Å². The topological polar surface area (TPSA) is 0 Å². The van der Waals surface area contributed by atoms with Crippen LogP contribution in [0.15, 0.2) is 0 Å². The Labute approximate surface area is 99.0 Å². The highest BCUT2D eigenvalue weighted by Gasteiger charge is 2.09. The molecule has 0 saturated carbocycles. The maximum absolute atomic E-state index is 2.37. The fourth-order valence-corrected chi connectivity index (χ4v) is 3.71. The Morgan fingerprint density at radius 2 is 1.50 bits per heavy atom. The molecule has 2 heteroatoms. The van der Waals surface area contributed by atoms with Crippen LogP contribution in [-0.4, -0.2) is 22.0 Å². The lowest BCUT2D eigenvalue weighted by atomic mass is 10.1. The highest BCUT2D eigenvalue weighted by Crippen LogP contribution is 2.24. The molecule has 0 radical (unpaired) electrons. The van der Waals surface area contributed by atoms with Gasteiger partial charge < -0.3 is 0 Å². The van der Waals surface area contributed by atoms with Gasteiger partial charge >= 0.3 is 0 Å². The van der Waals surface area contributed by atoms with Gasteiger partial charge in [-0.3, -0.25) is 0 Å². The Morgan fingerprint density at radius 3 is 2.00 bits per heavy atom. The monoisotopic (exact) mass is 234 g/mol. The molecule has 0 aliphatic carbocycles. The zero-order chi connectivity index (χ0) is 10.8.